The number of carbonyl (C=O) groups excluding carboxylic acids is 1. The fourth-order valence-electron chi connectivity index (χ4n) is 3.55. The number of carbonyl (C=O) groups is 1. The van der Waals surface area contributed by atoms with Crippen molar-refractivity contribution in [1.29, 1.82) is 0 Å². The van der Waals surface area contributed by atoms with Gasteiger partial charge in [0, 0.05) is 12.1 Å². The number of halogens is 3. The van der Waals surface area contributed by atoms with E-state index in [9.17, 15) is 18.0 Å². The average molecular weight is 514 g/mol. The lowest BCUT2D eigenvalue weighted by molar-refractivity contribution is -0.137. The molecule has 0 saturated heterocycles. The van der Waals surface area contributed by atoms with Crippen LogP contribution in [-0.2, 0) is 10.6 Å². The van der Waals surface area contributed by atoms with E-state index in [0.717, 1.165) is 28.5 Å². The van der Waals surface area contributed by atoms with E-state index in [4.69, 9.17) is 4.43 Å². The van der Waals surface area contributed by atoms with E-state index in [0.29, 0.717) is 30.7 Å². The van der Waals surface area contributed by atoms with Crippen LogP contribution in [0.1, 0.15) is 43.1 Å². The molecule has 0 unspecified atom stereocenters. The Morgan fingerprint density at radius 3 is 2.31 bits per heavy atom. The summed E-state index contributed by atoms with van der Waals surface area (Å²) >= 11 is 0. The Kier molecular flexibility index (Phi) is 8.47. The highest BCUT2D eigenvalue weighted by atomic mass is 28.4. The van der Waals surface area contributed by atoms with Crippen LogP contribution in [0, 0.1) is 0 Å². The highest BCUT2D eigenvalue weighted by molar-refractivity contribution is 6.74. The fourth-order valence-corrected chi connectivity index (χ4v) is 4.49. The number of nitrogens with one attached hydrogen (secondary N) is 1. The van der Waals surface area contributed by atoms with Gasteiger partial charge in [0.2, 0.25) is 0 Å². The molecule has 1 amide bonds. The van der Waals surface area contributed by atoms with Crippen molar-refractivity contribution < 1.29 is 22.4 Å². The molecule has 0 spiro atoms. The lowest BCUT2D eigenvalue weighted by atomic mass is 9.96. The van der Waals surface area contributed by atoms with Gasteiger partial charge in [-0.1, -0.05) is 69.3 Å². The predicted molar refractivity (Wildman–Crippen MR) is 144 cm³/mol. The van der Waals surface area contributed by atoms with Crippen LogP contribution in [-0.4, -0.2) is 27.4 Å². The quantitative estimate of drug-likeness (QED) is 0.187. The molecule has 0 aliphatic heterocycles. The minimum absolute atomic E-state index is 0.164. The third-order valence-corrected chi connectivity index (χ3v) is 11.3. The van der Waals surface area contributed by atoms with Gasteiger partial charge in [0.05, 0.1) is 12.2 Å². The number of alkyl halides is 3. The van der Waals surface area contributed by atoms with Gasteiger partial charge in [-0.25, -0.2) is 0 Å². The van der Waals surface area contributed by atoms with Crippen LogP contribution >= 0.6 is 0 Å². The van der Waals surface area contributed by atoms with Crippen molar-refractivity contribution in [2.45, 2.75) is 51.5 Å². The lowest BCUT2D eigenvalue weighted by Gasteiger charge is -2.35. The summed E-state index contributed by atoms with van der Waals surface area (Å²) in [6.07, 6.45) is 0.363. The number of fused-ring (bicyclic) bond motifs is 1. The van der Waals surface area contributed by atoms with Crippen molar-refractivity contribution >= 4 is 25.0 Å². The van der Waals surface area contributed by atoms with Gasteiger partial charge in [0.15, 0.2) is 8.32 Å². The molecule has 0 aromatic heterocycles. The van der Waals surface area contributed by atoms with Gasteiger partial charge in [0.1, 0.15) is 0 Å². The topological polar surface area (TPSA) is 38.3 Å². The molecule has 7 heteroatoms. The molecule has 0 saturated carbocycles. The average Bonchev–Trinajstić information content (AvgIpc) is 2.81. The summed E-state index contributed by atoms with van der Waals surface area (Å²) in [5.41, 5.74) is 1.37. The van der Waals surface area contributed by atoms with Crippen molar-refractivity contribution in [3.8, 4) is 11.1 Å². The zero-order valence-corrected chi connectivity index (χ0v) is 22.5. The minimum Gasteiger partial charge on any atom is -0.413 e. The summed E-state index contributed by atoms with van der Waals surface area (Å²) in [7, 11) is -1.76. The monoisotopic (exact) mass is 513 g/mol. The largest absolute Gasteiger partial charge is 0.416 e. The second-order valence-electron chi connectivity index (χ2n) is 10.4. The molecule has 3 nitrogen and oxygen atoms in total. The van der Waals surface area contributed by atoms with Crippen LogP contribution < -0.4 is 5.32 Å². The van der Waals surface area contributed by atoms with Gasteiger partial charge in [-0.3, -0.25) is 4.79 Å². The Morgan fingerprint density at radius 1 is 0.972 bits per heavy atom. The van der Waals surface area contributed by atoms with E-state index < -0.39 is 20.1 Å². The lowest BCUT2D eigenvalue weighted by Crippen LogP contribution is -2.40. The number of amides is 1. The van der Waals surface area contributed by atoms with Crippen molar-refractivity contribution in [2.24, 2.45) is 0 Å². The molecule has 3 aromatic carbocycles. The molecule has 36 heavy (non-hydrogen) atoms. The zero-order valence-electron chi connectivity index (χ0n) is 21.5. The third-order valence-electron chi connectivity index (χ3n) is 6.78. The standard InChI is InChI=1S/C29H34F3NO2Si/c1-28(2,3)36(4,5)35-19-8-6-7-18-33-27(34)23-14-17-26-22(20-23)10-9-11-25(26)21-12-15-24(16-13-21)29(30,31)32/h6,8-17,20H,7,18-19H2,1-5H3,(H,33,34)/b8-6-. The van der Waals surface area contributed by atoms with E-state index in [1.165, 1.54) is 12.1 Å². The Hall–Kier alpha value is -2.90. The highest BCUT2D eigenvalue weighted by Crippen LogP contribution is 2.36. The van der Waals surface area contributed by atoms with Crippen LogP contribution in [0.3, 0.4) is 0 Å². The maximum Gasteiger partial charge on any atom is 0.416 e. The van der Waals surface area contributed by atoms with Gasteiger partial charge < -0.3 is 9.74 Å². The van der Waals surface area contributed by atoms with Crippen LogP contribution in [0.5, 0.6) is 0 Å². The van der Waals surface area contributed by atoms with Crippen molar-refractivity contribution in [3.63, 3.8) is 0 Å². The Morgan fingerprint density at radius 2 is 1.67 bits per heavy atom. The molecule has 3 rings (SSSR count). The van der Waals surface area contributed by atoms with E-state index in [2.05, 4.69) is 39.2 Å². The van der Waals surface area contributed by atoms with Crippen molar-refractivity contribution in [1.82, 2.24) is 5.32 Å². The Labute approximate surface area is 212 Å². The second-order valence-corrected chi connectivity index (χ2v) is 15.2. The van der Waals surface area contributed by atoms with E-state index in [-0.39, 0.29) is 10.9 Å². The van der Waals surface area contributed by atoms with Gasteiger partial charge >= 0.3 is 6.18 Å². The molecule has 0 radical (unpaired) electrons. The van der Waals surface area contributed by atoms with Crippen LogP contribution in [0.4, 0.5) is 13.2 Å². The molecular weight excluding hydrogens is 479 g/mol. The first kappa shape index (κ1) is 27.7. The summed E-state index contributed by atoms with van der Waals surface area (Å²) in [5.74, 6) is -0.164. The summed E-state index contributed by atoms with van der Waals surface area (Å²) in [6.45, 7) is 12.2. The molecule has 0 heterocycles. The predicted octanol–water partition coefficient (Wildman–Crippen LogP) is 8.22. The minimum atomic E-state index is -4.37. The number of rotatable bonds is 8. The molecular formula is C29H34F3NO2Si. The third kappa shape index (κ3) is 6.86. The van der Waals surface area contributed by atoms with Crippen molar-refractivity contribution in [2.75, 3.05) is 13.2 Å². The SMILES string of the molecule is CC(C)(C)[Si](C)(C)OC/C=C\CCNC(=O)c1ccc2c(-c3ccc(C(F)(F)F)cc3)cccc2c1. The first-order valence-electron chi connectivity index (χ1n) is 12.1. The Bertz CT molecular complexity index is 1230. The first-order valence-corrected chi connectivity index (χ1v) is 15.0. The Balaban J connectivity index is 1.60. The highest BCUT2D eigenvalue weighted by Gasteiger charge is 2.36. The maximum atomic E-state index is 12.9. The second kappa shape index (κ2) is 11.0. The number of hydrogen-bond acceptors (Lipinski definition) is 2. The van der Waals surface area contributed by atoms with Crippen molar-refractivity contribution in [3.05, 3.63) is 83.9 Å². The van der Waals surface area contributed by atoms with E-state index in [1.807, 2.05) is 36.4 Å². The summed E-state index contributed by atoms with van der Waals surface area (Å²) in [4.78, 5) is 12.6. The molecule has 0 fully saturated rings. The molecule has 3 aromatic rings. The van der Waals surface area contributed by atoms with E-state index >= 15 is 0 Å². The number of benzene rings is 3. The van der Waals surface area contributed by atoms with Gasteiger partial charge in [-0.2, -0.15) is 13.2 Å². The maximum absolute atomic E-state index is 12.9. The summed E-state index contributed by atoms with van der Waals surface area (Å²) < 4.78 is 44.8. The molecule has 0 atom stereocenters. The fraction of sp³-hybridized carbons (Fsp3) is 0.345. The molecule has 0 aliphatic rings. The summed E-state index contributed by atoms with van der Waals surface area (Å²) in [5, 5.41) is 4.83. The van der Waals surface area contributed by atoms with Gasteiger partial charge in [-0.05, 0) is 70.7 Å². The first-order chi connectivity index (χ1) is 16.8. The van der Waals surface area contributed by atoms with Crippen LogP contribution in [0.2, 0.25) is 18.1 Å². The summed E-state index contributed by atoms with van der Waals surface area (Å²) in [6, 6.07) is 16.1. The van der Waals surface area contributed by atoms with E-state index in [1.54, 1.807) is 12.1 Å². The molecule has 0 bridgehead atoms. The molecule has 1 N–H and O–H groups in total. The van der Waals surface area contributed by atoms with Crippen LogP contribution in [0.15, 0.2) is 72.8 Å². The number of hydrogen-bond donors (Lipinski definition) is 1. The normalized spacial score (nSPS) is 12.9. The van der Waals surface area contributed by atoms with Crippen LogP contribution in [0.25, 0.3) is 21.9 Å². The zero-order chi connectivity index (χ0) is 26.6. The van der Waals surface area contributed by atoms with Gasteiger partial charge in [-0.15, -0.1) is 0 Å². The molecule has 0 aliphatic carbocycles. The smallest absolute Gasteiger partial charge is 0.413 e. The molecule has 192 valence electrons. The van der Waals surface area contributed by atoms with Gasteiger partial charge in [0.25, 0.3) is 5.91 Å².